The first-order chi connectivity index (χ1) is 8.95. The summed E-state index contributed by atoms with van der Waals surface area (Å²) in [6, 6.07) is 7.78. The molecule has 0 amide bonds. The van der Waals surface area contributed by atoms with Gasteiger partial charge in [-0.15, -0.1) is 0 Å². The average Bonchev–Trinajstić information content (AvgIpc) is 2.38. The van der Waals surface area contributed by atoms with E-state index < -0.39 is 17.8 Å². The number of carbonyl (C=O) groups is 1. The van der Waals surface area contributed by atoms with E-state index in [2.05, 4.69) is 0 Å². The fraction of sp³-hybridized carbons (Fsp3) is 0.500. The Hall–Kier alpha value is -1.65. The van der Waals surface area contributed by atoms with Crippen LogP contribution in [-0.2, 0) is 4.79 Å². The average molecular weight is 269 g/mol. The molecule has 0 aliphatic carbocycles. The van der Waals surface area contributed by atoms with E-state index in [0.29, 0.717) is 13.1 Å². The monoisotopic (exact) mass is 269 g/mol. The molecule has 1 saturated heterocycles. The molecule has 0 bridgehead atoms. The van der Waals surface area contributed by atoms with Crippen molar-refractivity contribution in [3.8, 4) is 0 Å². The molecule has 0 aromatic heterocycles. The molecule has 1 aromatic rings. The lowest BCUT2D eigenvalue weighted by Crippen LogP contribution is -2.48. The van der Waals surface area contributed by atoms with Crippen molar-refractivity contribution in [1.82, 2.24) is 0 Å². The normalized spacial score (nSPS) is 18.6. The van der Waals surface area contributed by atoms with Crippen molar-refractivity contribution in [2.45, 2.75) is 26.2 Å². The maximum atomic E-state index is 13.0. The Morgan fingerprint density at radius 1 is 1.37 bits per heavy atom. The molecule has 1 aliphatic heterocycles. The number of hydrogen-bond donors (Lipinski definition) is 1. The maximum Gasteiger partial charge on any atom is 0.315 e. The van der Waals surface area contributed by atoms with Gasteiger partial charge in [0, 0.05) is 18.8 Å². The molecule has 0 atom stereocenters. The number of rotatable bonds is 3. The minimum Gasteiger partial charge on any atom is -0.481 e. The molecule has 1 aromatic carbocycles. The topological polar surface area (TPSA) is 40.5 Å². The summed E-state index contributed by atoms with van der Waals surface area (Å²) in [6.07, 6.45) is -2.85. The number of nitrogens with zero attached hydrogens (tertiary/aromatic N) is 1. The van der Waals surface area contributed by atoms with Crippen molar-refractivity contribution in [2.24, 2.45) is 5.41 Å². The van der Waals surface area contributed by atoms with Crippen LogP contribution < -0.4 is 4.90 Å². The minimum absolute atomic E-state index is 0.0199. The standard InChI is InChI=1S/C14H17F2NO2/c1-10-3-2-4-11(9-10)17-7-5-14(6-8-17,12(15)16)13(18)19/h2-4,9,12H,5-8H2,1H3,(H,18,19). The summed E-state index contributed by atoms with van der Waals surface area (Å²) in [7, 11) is 0. The number of carboxylic acids is 1. The van der Waals surface area contributed by atoms with Gasteiger partial charge >= 0.3 is 5.97 Å². The third kappa shape index (κ3) is 2.55. The summed E-state index contributed by atoms with van der Waals surface area (Å²) < 4.78 is 26.0. The van der Waals surface area contributed by atoms with Gasteiger partial charge in [-0.1, -0.05) is 12.1 Å². The van der Waals surface area contributed by atoms with Gasteiger partial charge in [-0.3, -0.25) is 4.79 Å². The lowest BCUT2D eigenvalue weighted by molar-refractivity contribution is -0.161. The highest BCUT2D eigenvalue weighted by atomic mass is 19.3. The van der Waals surface area contributed by atoms with Crippen LogP contribution in [0.2, 0.25) is 0 Å². The highest BCUT2D eigenvalue weighted by Crippen LogP contribution is 2.39. The highest BCUT2D eigenvalue weighted by Gasteiger charge is 2.49. The van der Waals surface area contributed by atoms with Crippen LogP contribution in [0.1, 0.15) is 18.4 Å². The quantitative estimate of drug-likeness (QED) is 0.917. The van der Waals surface area contributed by atoms with Gasteiger partial charge in [0.25, 0.3) is 6.43 Å². The largest absolute Gasteiger partial charge is 0.481 e. The number of halogens is 2. The molecule has 3 nitrogen and oxygen atoms in total. The number of benzene rings is 1. The van der Waals surface area contributed by atoms with Gasteiger partial charge in [0.1, 0.15) is 5.41 Å². The smallest absolute Gasteiger partial charge is 0.315 e. The number of hydrogen-bond acceptors (Lipinski definition) is 2. The molecule has 0 radical (unpaired) electrons. The zero-order valence-corrected chi connectivity index (χ0v) is 10.8. The molecule has 0 spiro atoms. The Morgan fingerprint density at radius 2 is 2.00 bits per heavy atom. The van der Waals surface area contributed by atoms with Gasteiger partial charge in [0.2, 0.25) is 0 Å². The zero-order valence-electron chi connectivity index (χ0n) is 10.8. The molecule has 2 rings (SSSR count). The van der Waals surface area contributed by atoms with Crippen molar-refractivity contribution < 1.29 is 18.7 Å². The van der Waals surface area contributed by atoms with Gasteiger partial charge in [-0.05, 0) is 37.5 Å². The molecular formula is C14H17F2NO2. The summed E-state index contributed by atoms with van der Waals surface area (Å²) >= 11 is 0. The summed E-state index contributed by atoms with van der Waals surface area (Å²) in [6.45, 7) is 2.66. The first kappa shape index (κ1) is 13.8. The fourth-order valence-corrected chi connectivity index (χ4v) is 2.51. The van der Waals surface area contributed by atoms with Gasteiger partial charge in [0.15, 0.2) is 0 Å². The molecule has 1 heterocycles. The molecule has 19 heavy (non-hydrogen) atoms. The minimum atomic E-state index is -2.82. The van der Waals surface area contributed by atoms with Gasteiger partial charge in [-0.25, -0.2) is 8.78 Å². The first-order valence-electron chi connectivity index (χ1n) is 6.29. The Kier molecular flexibility index (Phi) is 3.73. The lowest BCUT2D eigenvalue weighted by Gasteiger charge is -2.39. The van der Waals surface area contributed by atoms with Crippen molar-refractivity contribution in [3.63, 3.8) is 0 Å². The van der Waals surface area contributed by atoms with E-state index in [1.54, 1.807) is 0 Å². The van der Waals surface area contributed by atoms with E-state index in [-0.39, 0.29) is 12.8 Å². The fourth-order valence-electron chi connectivity index (χ4n) is 2.51. The molecule has 104 valence electrons. The summed E-state index contributed by atoms with van der Waals surface area (Å²) in [4.78, 5) is 13.1. The Bertz CT molecular complexity index is 468. The second-order valence-electron chi connectivity index (χ2n) is 5.09. The number of aryl methyl sites for hydroxylation is 1. The third-order valence-corrected chi connectivity index (χ3v) is 3.87. The second-order valence-corrected chi connectivity index (χ2v) is 5.09. The molecule has 1 aliphatic rings. The van der Waals surface area contributed by atoms with E-state index in [1.807, 2.05) is 36.1 Å². The van der Waals surface area contributed by atoms with E-state index in [9.17, 15) is 13.6 Å². The van der Waals surface area contributed by atoms with Crippen molar-refractivity contribution in [2.75, 3.05) is 18.0 Å². The Labute approximate surface area is 110 Å². The number of anilines is 1. The predicted octanol–water partition coefficient (Wildman–Crippen LogP) is 2.93. The molecule has 0 unspecified atom stereocenters. The van der Waals surface area contributed by atoms with Crippen molar-refractivity contribution >= 4 is 11.7 Å². The van der Waals surface area contributed by atoms with Gasteiger partial charge in [-0.2, -0.15) is 0 Å². The summed E-state index contributed by atoms with van der Waals surface area (Å²) in [5.41, 5.74) is 0.190. The third-order valence-electron chi connectivity index (χ3n) is 3.87. The molecule has 0 saturated carbocycles. The predicted molar refractivity (Wildman–Crippen MR) is 68.7 cm³/mol. The number of carboxylic acid groups (broad SMARTS) is 1. The number of piperidine rings is 1. The molecule has 5 heteroatoms. The summed E-state index contributed by atoms with van der Waals surface area (Å²) in [5, 5.41) is 9.06. The van der Waals surface area contributed by atoms with Crippen LogP contribution in [-0.4, -0.2) is 30.6 Å². The number of alkyl halides is 2. The molecule has 1 N–H and O–H groups in total. The van der Waals surface area contributed by atoms with Gasteiger partial charge in [0.05, 0.1) is 0 Å². The highest BCUT2D eigenvalue weighted by molar-refractivity contribution is 5.75. The van der Waals surface area contributed by atoms with E-state index in [0.717, 1.165) is 11.3 Å². The van der Waals surface area contributed by atoms with Crippen LogP contribution >= 0.6 is 0 Å². The Balaban J connectivity index is 2.12. The maximum absolute atomic E-state index is 13.0. The van der Waals surface area contributed by atoms with E-state index in [4.69, 9.17) is 5.11 Å². The van der Waals surface area contributed by atoms with Crippen LogP contribution in [0.3, 0.4) is 0 Å². The molecular weight excluding hydrogens is 252 g/mol. The van der Waals surface area contributed by atoms with Gasteiger partial charge < -0.3 is 10.0 Å². The van der Waals surface area contributed by atoms with Crippen molar-refractivity contribution in [3.05, 3.63) is 29.8 Å². The van der Waals surface area contributed by atoms with Crippen molar-refractivity contribution in [1.29, 1.82) is 0 Å². The van der Waals surface area contributed by atoms with Crippen LogP contribution in [0.5, 0.6) is 0 Å². The van der Waals surface area contributed by atoms with E-state index in [1.165, 1.54) is 0 Å². The summed E-state index contributed by atoms with van der Waals surface area (Å²) in [5.74, 6) is -1.38. The van der Waals surface area contributed by atoms with Crippen LogP contribution in [0.15, 0.2) is 24.3 Å². The number of aliphatic carboxylic acids is 1. The van der Waals surface area contributed by atoms with Crippen LogP contribution in [0.25, 0.3) is 0 Å². The first-order valence-corrected chi connectivity index (χ1v) is 6.29. The lowest BCUT2D eigenvalue weighted by atomic mass is 9.78. The molecule has 1 fully saturated rings. The Morgan fingerprint density at radius 3 is 2.47 bits per heavy atom. The SMILES string of the molecule is Cc1cccc(N2CCC(C(=O)O)(C(F)F)CC2)c1. The van der Waals surface area contributed by atoms with E-state index >= 15 is 0 Å². The van der Waals surface area contributed by atoms with Crippen LogP contribution in [0.4, 0.5) is 14.5 Å². The second kappa shape index (κ2) is 5.15. The van der Waals surface area contributed by atoms with Crippen LogP contribution in [0, 0.1) is 12.3 Å². The zero-order chi connectivity index (χ0) is 14.0.